The minimum absolute atomic E-state index is 0.279. The molecule has 1 heterocycles. The molecule has 1 saturated carbocycles. The van der Waals surface area contributed by atoms with E-state index in [2.05, 4.69) is 10.1 Å². The summed E-state index contributed by atoms with van der Waals surface area (Å²) in [5.41, 5.74) is 5.89. The van der Waals surface area contributed by atoms with Crippen molar-refractivity contribution in [2.75, 3.05) is 0 Å². The lowest BCUT2D eigenvalue weighted by atomic mass is 9.98. The van der Waals surface area contributed by atoms with E-state index in [0.29, 0.717) is 11.7 Å². The van der Waals surface area contributed by atoms with Crippen LogP contribution < -0.4 is 5.73 Å². The number of nitrogens with zero attached hydrogens (tertiary/aromatic N) is 2. The number of rotatable bonds is 2. The average Bonchev–Trinajstić information content (AvgIpc) is 2.71. The molecule has 2 N–H and O–H groups in total. The molecule has 0 aromatic carbocycles. The van der Waals surface area contributed by atoms with Crippen LogP contribution in [-0.2, 0) is 5.54 Å². The Morgan fingerprint density at radius 1 is 1.36 bits per heavy atom. The van der Waals surface area contributed by atoms with Crippen LogP contribution in [0.25, 0.3) is 0 Å². The molecule has 1 aliphatic carbocycles. The number of aromatic nitrogens is 2. The van der Waals surface area contributed by atoms with Crippen molar-refractivity contribution < 1.29 is 4.52 Å². The van der Waals surface area contributed by atoms with Crippen molar-refractivity contribution in [1.29, 1.82) is 0 Å². The molecular weight excluding hydrogens is 178 g/mol. The molecule has 0 bridgehead atoms. The molecule has 0 atom stereocenters. The van der Waals surface area contributed by atoms with E-state index < -0.39 is 0 Å². The Balaban J connectivity index is 2.23. The first kappa shape index (κ1) is 9.65. The second-order valence-electron chi connectivity index (χ2n) is 4.47. The summed E-state index contributed by atoms with van der Waals surface area (Å²) in [6.07, 6.45) is 4.29. The Morgan fingerprint density at radius 3 is 2.50 bits per heavy atom. The van der Waals surface area contributed by atoms with Crippen molar-refractivity contribution in [3.63, 3.8) is 0 Å². The summed E-state index contributed by atoms with van der Waals surface area (Å²) >= 11 is 0. The van der Waals surface area contributed by atoms with Gasteiger partial charge in [0.2, 0.25) is 5.89 Å². The number of nitrogens with two attached hydrogens (primary N) is 1. The smallest absolute Gasteiger partial charge is 0.229 e. The van der Waals surface area contributed by atoms with E-state index >= 15 is 0 Å². The maximum atomic E-state index is 6.21. The van der Waals surface area contributed by atoms with Crippen molar-refractivity contribution in [2.45, 2.75) is 51.0 Å². The molecule has 4 nitrogen and oxygen atoms in total. The summed E-state index contributed by atoms with van der Waals surface area (Å²) < 4.78 is 5.16. The summed E-state index contributed by atoms with van der Waals surface area (Å²) in [4.78, 5) is 4.36. The van der Waals surface area contributed by atoms with Crippen molar-refractivity contribution in [2.24, 2.45) is 5.73 Å². The summed E-state index contributed by atoms with van der Waals surface area (Å²) in [5, 5.41) is 3.98. The molecule has 0 spiro atoms. The maximum Gasteiger partial charge on any atom is 0.229 e. The highest BCUT2D eigenvalue weighted by Gasteiger charge is 2.36. The Bertz CT molecular complexity index is 313. The molecular formula is C10H17N3O. The lowest BCUT2D eigenvalue weighted by Crippen LogP contribution is -2.34. The summed E-state index contributed by atoms with van der Waals surface area (Å²) in [6, 6.07) is 0. The largest absolute Gasteiger partial charge is 0.339 e. The monoisotopic (exact) mass is 195 g/mol. The Labute approximate surface area is 83.9 Å². The molecule has 1 aliphatic rings. The summed E-state index contributed by atoms with van der Waals surface area (Å²) in [5.74, 6) is 1.66. The molecule has 14 heavy (non-hydrogen) atoms. The van der Waals surface area contributed by atoms with Crippen molar-refractivity contribution in [3.8, 4) is 0 Å². The van der Waals surface area contributed by atoms with Crippen LogP contribution in [0.2, 0.25) is 0 Å². The van der Waals surface area contributed by atoms with E-state index in [1.165, 1.54) is 12.8 Å². The second kappa shape index (κ2) is 3.35. The van der Waals surface area contributed by atoms with Gasteiger partial charge in [-0.3, -0.25) is 0 Å². The van der Waals surface area contributed by atoms with Gasteiger partial charge in [-0.15, -0.1) is 0 Å². The molecule has 4 heteroatoms. The zero-order valence-corrected chi connectivity index (χ0v) is 8.79. The standard InChI is InChI=1S/C10H17N3O/c1-7(2)8-12-9(13-14-8)10(11)5-3-4-6-10/h7H,3-6,11H2,1-2H3. The van der Waals surface area contributed by atoms with Gasteiger partial charge in [0.15, 0.2) is 5.82 Å². The predicted molar refractivity (Wildman–Crippen MR) is 52.7 cm³/mol. The highest BCUT2D eigenvalue weighted by molar-refractivity contribution is 5.07. The van der Waals surface area contributed by atoms with Crippen LogP contribution in [0.1, 0.15) is 57.2 Å². The molecule has 1 aromatic rings. The lowest BCUT2D eigenvalue weighted by Gasteiger charge is -2.17. The van der Waals surface area contributed by atoms with Gasteiger partial charge in [0.25, 0.3) is 0 Å². The highest BCUT2D eigenvalue weighted by Crippen LogP contribution is 2.34. The van der Waals surface area contributed by atoms with Gasteiger partial charge in [-0.2, -0.15) is 4.98 Å². The lowest BCUT2D eigenvalue weighted by molar-refractivity contribution is 0.341. The highest BCUT2D eigenvalue weighted by atomic mass is 16.5. The topological polar surface area (TPSA) is 64.9 Å². The third kappa shape index (κ3) is 1.54. The first-order valence-corrected chi connectivity index (χ1v) is 5.25. The molecule has 0 unspecified atom stereocenters. The van der Waals surface area contributed by atoms with E-state index in [1.54, 1.807) is 0 Å². The fraction of sp³-hybridized carbons (Fsp3) is 0.800. The van der Waals surface area contributed by atoms with E-state index in [4.69, 9.17) is 10.3 Å². The Hall–Kier alpha value is -0.900. The molecule has 1 aromatic heterocycles. The maximum absolute atomic E-state index is 6.21. The van der Waals surface area contributed by atoms with Gasteiger partial charge in [-0.1, -0.05) is 31.8 Å². The predicted octanol–water partition coefficient (Wildman–Crippen LogP) is 1.92. The normalized spacial score (nSPS) is 20.6. The zero-order valence-electron chi connectivity index (χ0n) is 8.79. The van der Waals surface area contributed by atoms with Gasteiger partial charge in [0.1, 0.15) is 0 Å². The van der Waals surface area contributed by atoms with Crippen molar-refractivity contribution >= 4 is 0 Å². The van der Waals surface area contributed by atoms with E-state index in [9.17, 15) is 0 Å². The minimum Gasteiger partial charge on any atom is -0.339 e. The van der Waals surface area contributed by atoms with Crippen LogP contribution in [-0.4, -0.2) is 10.1 Å². The van der Waals surface area contributed by atoms with Crippen LogP contribution in [0.4, 0.5) is 0 Å². The van der Waals surface area contributed by atoms with Gasteiger partial charge in [-0.05, 0) is 12.8 Å². The fourth-order valence-electron chi connectivity index (χ4n) is 1.90. The third-order valence-corrected chi connectivity index (χ3v) is 2.88. The van der Waals surface area contributed by atoms with E-state index in [0.717, 1.165) is 12.8 Å². The summed E-state index contributed by atoms with van der Waals surface area (Å²) in [6.45, 7) is 4.07. The van der Waals surface area contributed by atoms with Crippen LogP contribution in [0.3, 0.4) is 0 Å². The van der Waals surface area contributed by atoms with Crippen LogP contribution in [0, 0.1) is 0 Å². The SMILES string of the molecule is CC(C)c1nc(C2(N)CCCC2)no1. The molecule has 0 saturated heterocycles. The minimum atomic E-state index is -0.323. The molecule has 0 amide bonds. The van der Waals surface area contributed by atoms with Gasteiger partial charge in [0.05, 0.1) is 5.54 Å². The van der Waals surface area contributed by atoms with E-state index in [-0.39, 0.29) is 11.5 Å². The van der Waals surface area contributed by atoms with Crippen LogP contribution in [0.15, 0.2) is 4.52 Å². The van der Waals surface area contributed by atoms with Gasteiger partial charge >= 0.3 is 0 Å². The van der Waals surface area contributed by atoms with Crippen molar-refractivity contribution in [3.05, 3.63) is 11.7 Å². The molecule has 1 fully saturated rings. The van der Waals surface area contributed by atoms with Crippen molar-refractivity contribution in [1.82, 2.24) is 10.1 Å². The molecule has 0 aliphatic heterocycles. The third-order valence-electron chi connectivity index (χ3n) is 2.88. The fourth-order valence-corrected chi connectivity index (χ4v) is 1.90. The van der Waals surface area contributed by atoms with Crippen LogP contribution >= 0.6 is 0 Å². The molecule has 78 valence electrons. The van der Waals surface area contributed by atoms with Gasteiger partial charge < -0.3 is 10.3 Å². The van der Waals surface area contributed by atoms with E-state index in [1.807, 2.05) is 13.8 Å². The second-order valence-corrected chi connectivity index (χ2v) is 4.47. The summed E-state index contributed by atoms with van der Waals surface area (Å²) in [7, 11) is 0. The number of hydrogen-bond acceptors (Lipinski definition) is 4. The molecule has 2 rings (SSSR count). The number of hydrogen-bond donors (Lipinski definition) is 1. The first-order valence-electron chi connectivity index (χ1n) is 5.25. The molecule has 0 radical (unpaired) electrons. The average molecular weight is 195 g/mol. The van der Waals surface area contributed by atoms with Gasteiger partial charge in [0, 0.05) is 5.92 Å². The first-order chi connectivity index (χ1) is 6.62. The quantitative estimate of drug-likeness (QED) is 0.783. The van der Waals surface area contributed by atoms with Crippen LogP contribution in [0.5, 0.6) is 0 Å². The van der Waals surface area contributed by atoms with Gasteiger partial charge in [-0.25, -0.2) is 0 Å². The Kier molecular flexibility index (Phi) is 2.31. The Morgan fingerprint density at radius 2 is 2.00 bits per heavy atom. The zero-order chi connectivity index (χ0) is 10.2.